The second-order valence-corrected chi connectivity index (χ2v) is 8.48. The molecular weight excluding hydrogens is 420 g/mol. The summed E-state index contributed by atoms with van der Waals surface area (Å²) in [4.78, 5) is 36.3. The minimum absolute atomic E-state index is 0.00790. The van der Waals surface area contributed by atoms with Gasteiger partial charge in [-0.3, -0.25) is 9.59 Å². The van der Waals surface area contributed by atoms with Gasteiger partial charge in [-0.15, -0.1) is 0 Å². The van der Waals surface area contributed by atoms with Crippen LogP contribution >= 0.6 is 11.6 Å². The van der Waals surface area contributed by atoms with Gasteiger partial charge in [0.2, 0.25) is 15.9 Å². The van der Waals surface area contributed by atoms with E-state index in [0.29, 0.717) is 15.6 Å². The molecule has 0 aliphatic carbocycles. The maximum atomic E-state index is 12.6. The zero-order valence-corrected chi connectivity index (χ0v) is 16.9. The second-order valence-electron chi connectivity index (χ2n) is 6.14. The number of ether oxygens (including phenoxy) is 1. The van der Waals surface area contributed by atoms with Crippen molar-refractivity contribution in [3.8, 4) is 0 Å². The van der Waals surface area contributed by atoms with Gasteiger partial charge in [0, 0.05) is 12.1 Å². The average Bonchev–Trinajstić information content (AvgIpc) is 2.95. The standard InChI is InChI=1S/C19H17ClN2O6S/c1-2-28-19(25)12-3-5-13(6-4-12)21-18(24)15-11-14(7-8-16(15)20)22-17(23)9-10-29(22,26)27/h3-8,11H,2,9-10H2,1H3,(H,21,24). The van der Waals surface area contributed by atoms with E-state index < -0.39 is 27.8 Å². The number of sulfonamides is 1. The molecule has 1 N–H and O–H groups in total. The molecule has 0 atom stereocenters. The van der Waals surface area contributed by atoms with Crippen LogP contribution in [0.4, 0.5) is 11.4 Å². The molecule has 8 nitrogen and oxygen atoms in total. The Morgan fingerprint density at radius 1 is 1.17 bits per heavy atom. The van der Waals surface area contributed by atoms with E-state index in [9.17, 15) is 22.8 Å². The number of carbonyl (C=O) groups is 3. The second kappa shape index (κ2) is 8.22. The summed E-state index contributed by atoms with van der Waals surface area (Å²) in [6.07, 6.45) is -0.112. The van der Waals surface area contributed by atoms with E-state index in [1.165, 1.54) is 42.5 Å². The predicted molar refractivity (Wildman–Crippen MR) is 108 cm³/mol. The van der Waals surface area contributed by atoms with Gasteiger partial charge < -0.3 is 10.1 Å². The number of anilines is 2. The van der Waals surface area contributed by atoms with Gasteiger partial charge in [0.05, 0.1) is 34.2 Å². The van der Waals surface area contributed by atoms with Gasteiger partial charge in [-0.1, -0.05) is 11.6 Å². The lowest BCUT2D eigenvalue weighted by Crippen LogP contribution is -2.29. The Kier molecular flexibility index (Phi) is 5.90. The summed E-state index contributed by atoms with van der Waals surface area (Å²) in [5.74, 6) is -1.90. The molecule has 29 heavy (non-hydrogen) atoms. The SMILES string of the molecule is CCOC(=O)c1ccc(NC(=O)c2cc(N3C(=O)CCS3(=O)=O)ccc2Cl)cc1. The van der Waals surface area contributed by atoms with Crippen LogP contribution < -0.4 is 9.62 Å². The molecule has 10 heteroatoms. The van der Waals surface area contributed by atoms with E-state index in [2.05, 4.69) is 5.32 Å². The Balaban J connectivity index is 1.83. The number of hydrogen-bond donors (Lipinski definition) is 1. The molecule has 1 aliphatic heterocycles. The molecule has 2 aromatic carbocycles. The van der Waals surface area contributed by atoms with E-state index in [1.54, 1.807) is 6.92 Å². The predicted octanol–water partition coefficient (Wildman–Crippen LogP) is 2.84. The van der Waals surface area contributed by atoms with Crippen LogP contribution in [0.2, 0.25) is 5.02 Å². The monoisotopic (exact) mass is 436 g/mol. The third kappa shape index (κ3) is 4.41. The molecule has 0 aromatic heterocycles. The van der Waals surface area contributed by atoms with Crippen molar-refractivity contribution in [1.82, 2.24) is 0 Å². The quantitative estimate of drug-likeness (QED) is 0.721. The van der Waals surface area contributed by atoms with E-state index in [-0.39, 0.29) is 35.1 Å². The van der Waals surface area contributed by atoms with Crippen molar-refractivity contribution < 1.29 is 27.5 Å². The summed E-state index contributed by atoms with van der Waals surface area (Å²) < 4.78 is 29.8. The summed E-state index contributed by atoms with van der Waals surface area (Å²) in [5, 5.41) is 2.71. The van der Waals surface area contributed by atoms with Crippen LogP contribution in [0.3, 0.4) is 0 Å². The van der Waals surface area contributed by atoms with Crippen LogP contribution in [0.1, 0.15) is 34.1 Å². The van der Waals surface area contributed by atoms with E-state index >= 15 is 0 Å². The number of nitrogens with zero attached hydrogens (tertiary/aromatic N) is 1. The fourth-order valence-corrected chi connectivity index (χ4v) is 4.44. The fourth-order valence-electron chi connectivity index (χ4n) is 2.78. The van der Waals surface area contributed by atoms with E-state index in [1.807, 2.05) is 0 Å². The van der Waals surface area contributed by atoms with Gasteiger partial charge in [-0.2, -0.15) is 0 Å². The first-order valence-electron chi connectivity index (χ1n) is 8.67. The normalized spacial score (nSPS) is 15.2. The molecule has 0 unspecified atom stereocenters. The summed E-state index contributed by atoms with van der Waals surface area (Å²) in [6.45, 7) is 1.95. The minimum Gasteiger partial charge on any atom is -0.462 e. The Labute approximate surface area is 172 Å². The minimum atomic E-state index is -3.76. The number of nitrogens with one attached hydrogen (secondary N) is 1. The van der Waals surface area contributed by atoms with Crippen molar-refractivity contribution in [1.29, 1.82) is 0 Å². The van der Waals surface area contributed by atoms with Crippen LogP contribution in [0.5, 0.6) is 0 Å². The zero-order chi connectivity index (χ0) is 21.2. The number of rotatable bonds is 5. The highest BCUT2D eigenvalue weighted by molar-refractivity contribution is 7.94. The van der Waals surface area contributed by atoms with Crippen LogP contribution in [0.25, 0.3) is 0 Å². The van der Waals surface area contributed by atoms with Crippen LogP contribution in [-0.4, -0.2) is 38.6 Å². The smallest absolute Gasteiger partial charge is 0.338 e. The van der Waals surface area contributed by atoms with Gasteiger partial charge >= 0.3 is 5.97 Å². The molecule has 1 heterocycles. The fraction of sp³-hybridized carbons (Fsp3) is 0.211. The number of benzene rings is 2. The molecule has 152 valence electrons. The molecule has 0 saturated carbocycles. The summed E-state index contributed by atoms with van der Waals surface area (Å²) >= 11 is 6.10. The first kappa shape index (κ1) is 20.8. The molecule has 3 rings (SSSR count). The Bertz CT molecular complexity index is 1080. The lowest BCUT2D eigenvalue weighted by Gasteiger charge is -2.16. The largest absolute Gasteiger partial charge is 0.462 e. The molecule has 2 aromatic rings. The highest BCUT2D eigenvalue weighted by Crippen LogP contribution is 2.29. The topological polar surface area (TPSA) is 110 Å². The molecule has 1 aliphatic rings. The van der Waals surface area contributed by atoms with Gasteiger partial charge in [-0.25, -0.2) is 17.5 Å². The molecule has 0 spiro atoms. The van der Waals surface area contributed by atoms with Gasteiger partial charge in [0.15, 0.2) is 0 Å². The lowest BCUT2D eigenvalue weighted by atomic mass is 10.1. The maximum absolute atomic E-state index is 12.6. The molecule has 0 radical (unpaired) electrons. The average molecular weight is 437 g/mol. The highest BCUT2D eigenvalue weighted by Gasteiger charge is 2.36. The van der Waals surface area contributed by atoms with E-state index in [4.69, 9.17) is 16.3 Å². The molecule has 1 saturated heterocycles. The first-order valence-corrected chi connectivity index (χ1v) is 10.7. The third-order valence-corrected chi connectivity index (χ3v) is 6.18. The number of amides is 2. The summed E-state index contributed by atoms with van der Waals surface area (Å²) in [5.41, 5.74) is 0.797. The van der Waals surface area contributed by atoms with Crippen molar-refractivity contribution in [3.63, 3.8) is 0 Å². The van der Waals surface area contributed by atoms with Crippen LogP contribution in [0.15, 0.2) is 42.5 Å². The molecule has 1 fully saturated rings. The van der Waals surface area contributed by atoms with Crippen molar-refractivity contribution in [2.75, 3.05) is 22.0 Å². The Morgan fingerprint density at radius 2 is 1.86 bits per heavy atom. The third-order valence-electron chi connectivity index (χ3n) is 4.16. The van der Waals surface area contributed by atoms with Gasteiger partial charge in [0.25, 0.3) is 5.91 Å². The van der Waals surface area contributed by atoms with Crippen molar-refractivity contribution in [2.45, 2.75) is 13.3 Å². The molecule has 0 bridgehead atoms. The number of hydrogen-bond acceptors (Lipinski definition) is 6. The number of halogens is 1. The molecular formula is C19H17ClN2O6S. The zero-order valence-electron chi connectivity index (χ0n) is 15.3. The summed E-state index contributed by atoms with van der Waals surface area (Å²) in [7, 11) is -3.76. The summed E-state index contributed by atoms with van der Waals surface area (Å²) in [6, 6.07) is 10.0. The Morgan fingerprint density at radius 3 is 2.45 bits per heavy atom. The van der Waals surface area contributed by atoms with E-state index in [0.717, 1.165) is 0 Å². The van der Waals surface area contributed by atoms with Crippen molar-refractivity contribution in [2.24, 2.45) is 0 Å². The lowest BCUT2D eigenvalue weighted by molar-refractivity contribution is -0.116. The van der Waals surface area contributed by atoms with Crippen molar-refractivity contribution >= 4 is 50.8 Å². The highest BCUT2D eigenvalue weighted by atomic mass is 35.5. The maximum Gasteiger partial charge on any atom is 0.338 e. The van der Waals surface area contributed by atoms with Crippen molar-refractivity contribution in [3.05, 3.63) is 58.6 Å². The number of esters is 1. The van der Waals surface area contributed by atoms with Crippen LogP contribution in [0, 0.1) is 0 Å². The van der Waals surface area contributed by atoms with Crippen LogP contribution in [-0.2, 0) is 19.6 Å². The first-order chi connectivity index (χ1) is 13.7. The number of carbonyl (C=O) groups excluding carboxylic acids is 3. The Hall–Kier alpha value is -2.91. The molecule has 2 amide bonds. The van der Waals surface area contributed by atoms with Gasteiger partial charge in [-0.05, 0) is 49.4 Å². The van der Waals surface area contributed by atoms with Gasteiger partial charge in [0.1, 0.15) is 0 Å².